The third-order valence-corrected chi connectivity index (χ3v) is 3.44. The molecule has 0 fully saturated rings. The molecule has 0 aliphatic rings. The lowest BCUT2D eigenvalue weighted by molar-refractivity contribution is 1.02. The highest BCUT2D eigenvalue weighted by Gasteiger charge is 2.13. The van der Waals surface area contributed by atoms with Crippen LogP contribution in [0.3, 0.4) is 0 Å². The first kappa shape index (κ1) is 12.1. The van der Waals surface area contributed by atoms with Crippen molar-refractivity contribution in [2.24, 2.45) is 0 Å². The Morgan fingerprint density at radius 2 is 1.95 bits per heavy atom. The molecule has 0 atom stereocenters. The Balaban J connectivity index is 2.31. The predicted molar refractivity (Wildman–Crippen MR) is 77.8 cm³/mol. The van der Waals surface area contributed by atoms with Crippen molar-refractivity contribution in [1.29, 1.82) is 0 Å². The van der Waals surface area contributed by atoms with E-state index >= 15 is 0 Å². The van der Waals surface area contributed by atoms with Gasteiger partial charge in [0, 0.05) is 27.1 Å². The second-order valence-corrected chi connectivity index (χ2v) is 5.35. The number of anilines is 1. The number of benzene rings is 1. The van der Waals surface area contributed by atoms with Gasteiger partial charge in [0.05, 0.1) is 0 Å². The van der Waals surface area contributed by atoms with Gasteiger partial charge >= 0.3 is 0 Å². The minimum absolute atomic E-state index is 0.592. The van der Waals surface area contributed by atoms with Crippen molar-refractivity contribution in [1.82, 2.24) is 19.6 Å². The summed E-state index contributed by atoms with van der Waals surface area (Å²) in [6.45, 7) is 3.94. The quantitative estimate of drug-likeness (QED) is 0.701. The van der Waals surface area contributed by atoms with Crippen LogP contribution < -0.4 is 5.73 Å². The fraction of sp³-hybridized carbons (Fsp3) is 0.154. The van der Waals surface area contributed by atoms with Crippen molar-refractivity contribution < 1.29 is 0 Å². The van der Waals surface area contributed by atoms with Gasteiger partial charge < -0.3 is 5.73 Å². The predicted octanol–water partition coefficient (Wildman–Crippen LogP) is 2.75. The largest absolute Gasteiger partial charge is 0.398 e. The van der Waals surface area contributed by atoms with E-state index in [0.717, 1.165) is 21.4 Å². The molecule has 0 spiro atoms. The summed E-state index contributed by atoms with van der Waals surface area (Å²) >= 11 is 3.40. The number of halogens is 1. The molecule has 0 amide bonds. The summed E-state index contributed by atoms with van der Waals surface area (Å²) in [7, 11) is 0. The summed E-state index contributed by atoms with van der Waals surface area (Å²) in [6, 6.07) is 7.71. The zero-order chi connectivity index (χ0) is 13.6. The lowest BCUT2D eigenvalue weighted by Gasteiger charge is -2.07. The van der Waals surface area contributed by atoms with Crippen molar-refractivity contribution in [2.75, 3.05) is 5.73 Å². The number of nitrogens with two attached hydrogens (primary N) is 1. The van der Waals surface area contributed by atoms with Crippen LogP contribution in [0, 0.1) is 13.8 Å². The zero-order valence-corrected chi connectivity index (χ0v) is 12.1. The van der Waals surface area contributed by atoms with Crippen molar-refractivity contribution in [3.05, 3.63) is 40.1 Å². The van der Waals surface area contributed by atoms with E-state index < -0.39 is 0 Å². The standard InChI is InChI=1S/C13H12BrN5/c1-7-5-8(2)19-12(17-18-13(19)16-7)10-4-3-9(14)6-11(10)15/h3-6H,15H2,1-2H3. The lowest BCUT2D eigenvalue weighted by atomic mass is 10.1. The van der Waals surface area contributed by atoms with Crippen molar-refractivity contribution in [2.45, 2.75) is 13.8 Å². The van der Waals surface area contributed by atoms with Gasteiger partial charge in [0.25, 0.3) is 5.78 Å². The number of rotatable bonds is 1. The average Bonchev–Trinajstić information content (AvgIpc) is 2.72. The summed E-state index contributed by atoms with van der Waals surface area (Å²) in [6.07, 6.45) is 0. The van der Waals surface area contributed by atoms with Crippen LogP contribution in [0.15, 0.2) is 28.7 Å². The molecule has 0 unspecified atom stereocenters. The lowest BCUT2D eigenvalue weighted by Crippen LogP contribution is -2.00. The van der Waals surface area contributed by atoms with Crippen molar-refractivity contribution in [3.8, 4) is 11.4 Å². The van der Waals surface area contributed by atoms with E-state index in [9.17, 15) is 0 Å². The Hall–Kier alpha value is -1.95. The Morgan fingerprint density at radius 3 is 2.68 bits per heavy atom. The van der Waals surface area contributed by atoms with Crippen LogP contribution in [-0.2, 0) is 0 Å². The normalized spacial score (nSPS) is 11.1. The highest BCUT2D eigenvalue weighted by molar-refractivity contribution is 9.10. The van der Waals surface area contributed by atoms with Crippen LogP contribution in [0.5, 0.6) is 0 Å². The molecule has 0 aliphatic heterocycles. The summed E-state index contributed by atoms with van der Waals surface area (Å²) in [4.78, 5) is 4.37. The van der Waals surface area contributed by atoms with E-state index in [4.69, 9.17) is 5.73 Å². The first-order valence-corrected chi connectivity index (χ1v) is 6.60. The number of fused-ring (bicyclic) bond motifs is 1. The van der Waals surface area contributed by atoms with Gasteiger partial charge in [0.1, 0.15) is 0 Å². The summed E-state index contributed by atoms with van der Waals surface area (Å²) in [5, 5.41) is 8.33. The molecule has 5 nitrogen and oxygen atoms in total. The molecule has 2 N–H and O–H groups in total. The van der Waals surface area contributed by atoms with Crippen LogP contribution in [-0.4, -0.2) is 19.6 Å². The second kappa shape index (κ2) is 4.31. The molecular weight excluding hydrogens is 306 g/mol. The molecule has 3 rings (SSSR count). The molecular formula is C13H12BrN5. The smallest absolute Gasteiger partial charge is 0.255 e. The molecule has 3 aromatic rings. The van der Waals surface area contributed by atoms with Crippen LogP contribution in [0.2, 0.25) is 0 Å². The van der Waals surface area contributed by atoms with E-state index in [1.54, 1.807) is 0 Å². The first-order chi connectivity index (χ1) is 9.06. The van der Waals surface area contributed by atoms with Crippen LogP contribution in [0.1, 0.15) is 11.4 Å². The maximum atomic E-state index is 6.05. The Labute approximate surface area is 118 Å². The summed E-state index contributed by atoms with van der Waals surface area (Å²) < 4.78 is 2.85. The van der Waals surface area contributed by atoms with Crippen LogP contribution in [0.25, 0.3) is 17.2 Å². The summed E-state index contributed by atoms with van der Waals surface area (Å²) in [5.74, 6) is 1.31. The van der Waals surface area contributed by atoms with E-state index in [0.29, 0.717) is 17.3 Å². The van der Waals surface area contributed by atoms with Gasteiger partial charge in [-0.2, -0.15) is 0 Å². The van der Waals surface area contributed by atoms with Gasteiger partial charge in [-0.05, 0) is 38.1 Å². The number of nitrogen functional groups attached to an aromatic ring is 1. The maximum absolute atomic E-state index is 6.05. The van der Waals surface area contributed by atoms with Gasteiger partial charge in [-0.1, -0.05) is 15.9 Å². The Bertz CT molecular complexity index is 778. The molecule has 0 bridgehead atoms. The van der Waals surface area contributed by atoms with Gasteiger partial charge in [0.2, 0.25) is 0 Å². The monoisotopic (exact) mass is 317 g/mol. The van der Waals surface area contributed by atoms with Gasteiger partial charge in [0.15, 0.2) is 5.82 Å². The molecule has 0 radical (unpaired) electrons. The number of aromatic nitrogens is 4. The minimum Gasteiger partial charge on any atom is -0.398 e. The number of hydrogen-bond donors (Lipinski definition) is 1. The van der Waals surface area contributed by atoms with Crippen LogP contribution in [0.4, 0.5) is 5.69 Å². The first-order valence-electron chi connectivity index (χ1n) is 5.81. The fourth-order valence-corrected chi connectivity index (χ4v) is 2.52. The van der Waals surface area contributed by atoms with Gasteiger partial charge in [-0.15, -0.1) is 10.2 Å². The second-order valence-electron chi connectivity index (χ2n) is 4.43. The molecule has 19 heavy (non-hydrogen) atoms. The Morgan fingerprint density at radius 1 is 1.16 bits per heavy atom. The van der Waals surface area contributed by atoms with E-state index in [2.05, 4.69) is 31.1 Å². The zero-order valence-electron chi connectivity index (χ0n) is 10.6. The van der Waals surface area contributed by atoms with E-state index in [1.165, 1.54) is 0 Å². The molecule has 96 valence electrons. The SMILES string of the molecule is Cc1cc(C)n2c(-c3ccc(Br)cc3N)nnc2n1. The van der Waals surface area contributed by atoms with E-state index in [1.807, 2.05) is 42.5 Å². The van der Waals surface area contributed by atoms with Crippen molar-refractivity contribution in [3.63, 3.8) is 0 Å². The molecule has 1 aromatic carbocycles. The topological polar surface area (TPSA) is 69.1 Å². The van der Waals surface area contributed by atoms with E-state index in [-0.39, 0.29) is 0 Å². The fourth-order valence-electron chi connectivity index (χ4n) is 2.14. The molecule has 6 heteroatoms. The number of nitrogens with zero attached hydrogens (tertiary/aromatic N) is 4. The molecule has 2 heterocycles. The molecule has 2 aromatic heterocycles. The summed E-state index contributed by atoms with van der Waals surface area (Å²) in [5.41, 5.74) is 9.52. The average molecular weight is 318 g/mol. The third-order valence-electron chi connectivity index (χ3n) is 2.95. The van der Waals surface area contributed by atoms with Crippen molar-refractivity contribution >= 4 is 27.4 Å². The third kappa shape index (κ3) is 1.98. The molecule has 0 saturated carbocycles. The highest BCUT2D eigenvalue weighted by Crippen LogP contribution is 2.28. The van der Waals surface area contributed by atoms with Gasteiger partial charge in [-0.3, -0.25) is 4.40 Å². The molecule has 0 saturated heterocycles. The number of aryl methyl sites for hydroxylation is 2. The molecule has 0 aliphatic carbocycles. The maximum Gasteiger partial charge on any atom is 0.255 e. The number of hydrogen-bond acceptors (Lipinski definition) is 4. The van der Waals surface area contributed by atoms with Gasteiger partial charge in [-0.25, -0.2) is 4.98 Å². The highest BCUT2D eigenvalue weighted by atomic mass is 79.9. The van der Waals surface area contributed by atoms with Crippen LogP contribution >= 0.6 is 15.9 Å². The Kier molecular flexibility index (Phi) is 2.74. The minimum atomic E-state index is 0.592.